The first kappa shape index (κ1) is 17.5. The molecule has 2 N–H and O–H groups in total. The Balaban J connectivity index is 2.43. The predicted octanol–water partition coefficient (Wildman–Crippen LogP) is -0.186. The molecular formula is C17H19N4O5+. The van der Waals surface area contributed by atoms with Crippen molar-refractivity contribution in [3.63, 3.8) is 0 Å². The number of fused-ring (bicyclic) bond motifs is 1. The van der Waals surface area contributed by atoms with Crippen molar-refractivity contribution in [3.05, 3.63) is 49.5 Å². The average molecular weight is 359 g/mol. The molecule has 0 spiro atoms. The van der Waals surface area contributed by atoms with Crippen LogP contribution in [-0.4, -0.2) is 27.8 Å². The number of aromatic nitrogens is 4. The SMILES string of the molecule is CCOc1cc(-c2[nH]c(=O)[nH+]c3c2c(=O)n(C)c(=O)n3C)ccc1OC. The molecule has 0 aliphatic heterocycles. The average Bonchev–Trinajstić information content (AvgIpc) is 2.64. The molecule has 136 valence electrons. The largest absolute Gasteiger partial charge is 0.493 e. The van der Waals surface area contributed by atoms with Crippen molar-refractivity contribution in [1.29, 1.82) is 0 Å². The van der Waals surface area contributed by atoms with Gasteiger partial charge in [0.15, 0.2) is 16.9 Å². The predicted molar refractivity (Wildman–Crippen MR) is 94.8 cm³/mol. The summed E-state index contributed by atoms with van der Waals surface area (Å²) in [6, 6.07) is 5.07. The summed E-state index contributed by atoms with van der Waals surface area (Å²) in [5, 5.41) is 0.196. The highest BCUT2D eigenvalue weighted by molar-refractivity contribution is 5.88. The van der Waals surface area contributed by atoms with Gasteiger partial charge in [0.1, 0.15) is 5.69 Å². The Morgan fingerprint density at radius 3 is 2.50 bits per heavy atom. The van der Waals surface area contributed by atoms with Crippen molar-refractivity contribution in [3.8, 4) is 22.8 Å². The highest BCUT2D eigenvalue weighted by atomic mass is 16.5. The summed E-state index contributed by atoms with van der Waals surface area (Å²) in [6.45, 7) is 2.27. The van der Waals surface area contributed by atoms with Crippen molar-refractivity contribution in [2.24, 2.45) is 14.1 Å². The number of nitrogens with zero attached hydrogens (tertiary/aromatic N) is 2. The molecule has 0 fully saturated rings. The van der Waals surface area contributed by atoms with Crippen LogP contribution < -0.4 is 31.4 Å². The van der Waals surface area contributed by atoms with E-state index in [1.807, 2.05) is 6.92 Å². The van der Waals surface area contributed by atoms with Gasteiger partial charge in [0, 0.05) is 12.6 Å². The van der Waals surface area contributed by atoms with Gasteiger partial charge in [-0.3, -0.25) is 4.79 Å². The maximum atomic E-state index is 12.7. The molecule has 0 aliphatic carbocycles. The summed E-state index contributed by atoms with van der Waals surface area (Å²) >= 11 is 0. The van der Waals surface area contributed by atoms with Gasteiger partial charge < -0.3 is 9.47 Å². The van der Waals surface area contributed by atoms with Crippen LogP contribution in [0.4, 0.5) is 0 Å². The minimum Gasteiger partial charge on any atom is -0.493 e. The lowest BCUT2D eigenvalue weighted by Crippen LogP contribution is -2.43. The number of aryl methyl sites for hydroxylation is 1. The molecule has 0 aliphatic rings. The summed E-state index contributed by atoms with van der Waals surface area (Å²) in [5.41, 5.74) is -0.584. The van der Waals surface area contributed by atoms with Crippen molar-refractivity contribution in [2.75, 3.05) is 13.7 Å². The molecule has 3 aromatic rings. The third-order valence-corrected chi connectivity index (χ3v) is 4.14. The molecule has 2 aromatic heterocycles. The van der Waals surface area contributed by atoms with Crippen LogP contribution in [0.25, 0.3) is 22.3 Å². The lowest BCUT2D eigenvalue weighted by atomic mass is 10.1. The first-order valence-electron chi connectivity index (χ1n) is 7.95. The Labute approximate surface area is 147 Å². The number of nitrogens with one attached hydrogen (secondary N) is 2. The van der Waals surface area contributed by atoms with Crippen LogP contribution in [0.3, 0.4) is 0 Å². The molecule has 0 unspecified atom stereocenters. The topological polar surface area (TPSA) is 109 Å². The summed E-state index contributed by atoms with van der Waals surface area (Å²) < 4.78 is 13.0. The highest BCUT2D eigenvalue weighted by Gasteiger charge is 2.21. The molecule has 0 saturated carbocycles. The van der Waals surface area contributed by atoms with Gasteiger partial charge in [-0.05, 0) is 25.1 Å². The van der Waals surface area contributed by atoms with Gasteiger partial charge in [0.2, 0.25) is 5.65 Å². The van der Waals surface area contributed by atoms with Crippen LogP contribution in [0.15, 0.2) is 32.6 Å². The second-order valence-electron chi connectivity index (χ2n) is 5.68. The third kappa shape index (κ3) is 2.67. The molecule has 1 aromatic carbocycles. The standard InChI is InChI=1S/C17H18N4O5/c1-5-26-11-8-9(6-7-10(11)25-4)13-12-14(19-16(23)18-13)20(2)17(24)21(3)15(12)22/h6-8H,5H2,1-4H3,(H,18,19,23)/p+1. The smallest absolute Gasteiger partial charge is 0.439 e. The van der Waals surface area contributed by atoms with Gasteiger partial charge in [-0.25, -0.2) is 28.7 Å². The fourth-order valence-electron chi connectivity index (χ4n) is 2.85. The number of hydrogen-bond acceptors (Lipinski definition) is 5. The molecule has 9 heteroatoms. The van der Waals surface area contributed by atoms with E-state index in [1.165, 1.54) is 25.8 Å². The minimum atomic E-state index is -0.537. The van der Waals surface area contributed by atoms with E-state index in [-0.39, 0.29) is 11.0 Å². The van der Waals surface area contributed by atoms with Gasteiger partial charge >= 0.3 is 11.4 Å². The van der Waals surface area contributed by atoms with E-state index in [2.05, 4.69) is 9.97 Å². The fourth-order valence-corrected chi connectivity index (χ4v) is 2.85. The molecule has 0 saturated heterocycles. The van der Waals surface area contributed by atoms with Crippen molar-refractivity contribution < 1.29 is 14.5 Å². The van der Waals surface area contributed by atoms with E-state index in [4.69, 9.17) is 9.47 Å². The zero-order chi connectivity index (χ0) is 19.0. The van der Waals surface area contributed by atoms with E-state index in [0.717, 1.165) is 4.57 Å². The molecule has 3 rings (SSSR count). The summed E-state index contributed by atoms with van der Waals surface area (Å²) in [6.07, 6.45) is 0. The number of benzene rings is 1. The van der Waals surface area contributed by atoms with Crippen LogP contribution in [0.5, 0.6) is 11.5 Å². The molecule has 26 heavy (non-hydrogen) atoms. The number of rotatable bonds is 4. The molecular weight excluding hydrogens is 340 g/mol. The second kappa shape index (κ2) is 6.51. The van der Waals surface area contributed by atoms with Crippen LogP contribution in [0, 0.1) is 0 Å². The maximum Gasteiger partial charge on any atom is 0.439 e. The van der Waals surface area contributed by atoms with Crippen LogP contribution >= 0.6 is 0 Å². The zero-order valence-electron chi connectivity index (χ0n) is 14.9. The van der Waals surface area contributed by atoms with E-state index in [9.17, 15) is 14.4 Å². The van der Waals surface area contributed by atoms with Crippen molar-refractivity contribution >= 4 is 11.0 Å². The number of hydrogen-bond donors (Lipinski definition) is 1. The monoisotopic (exact) mass is 359 g/mol. The third-order valence-electron chi connectivity index (χ3n) is 4.14. The van der Waals surface area contributed by atoms with E-state index < -0.39 is 16.9 Å². The number of methoxy groups -OCH3 is 1. The molecule has 0 atom stereocenters. The highest BCUT2D eigenvalue weighted by Crippen LogP contribution is 2.32. The quantitative estimate of drug-likeness (QED) is 0.695. The second-order valence-corrected chi connectivity index (χ2v) is 5.68. The number of H-pyrrole nitrogens is 2. The summed E-state index contributed by atoms with van der Waals surface area (Å²) in [5.74, 6) is 1.01. The first-order chi connectivity index (χ1) is 12.4. The molecule has 9 nitrogen and oxygen atoms in total. The fraction of sp³-hybridized carbons (Fsp3) is 0.294. The summed E-state index contributed by atoms with van der Waals surface area (Å²) in [7, 11) is 4.40. The number of ether oxygens (including phenoxy) is 2. The Morgan fingerprint density at radius 1 is 1.12 bits per heavy atom. The zero-order valence-corrected chi connectivity index (χ0v) is 14.9. The van der Waals surface area contributed by atoms with E-state index in [1.54, 1.807) is 18.2 Å². The van der Waals surface area contributed by atoms with Crippen molar-refractivity contribution in [2.45, 2.75) is 6.92 Å². The first-order valence-corrected chi connectivity index (χ1v) is 7.95. The molecule has 0 amide bonds. The van der Waals surface area contributed by atoms with Crippen LogP contribution in [-0.2, 0) is 14.1 Å². The van der Waals surface area contributed by atoms with Gasteiger partial charge in [-0.1, -0.05) is 0 Å². The number of aromatic amines is 2. The van der Waals surface area contributed by atoms with Gasteiger partial charge in [-0.2, -0.15) is 0 Å². The lowest BCUT2D eigenvalue weighted by molar-refractivity contribution is -0.374. The van der Waals surface area contributed by atoms with E-state index in [0.29, 0.717) is 29.4 Å². The normalized spacial score (nSPS) is 10.9. The Hall–Kier alpha value is -3.36. The molecule has 0 bridgehead atoms. The maximum absolute atomic E-state index is 12.7. The molecule has 0 radical (unpaired) electrons. The van der Waals surface area contributed by atoms with Gasteiger partial charge in [-0.15, -0.1) is 0 Å². The van der Waals surface area contributed by atoms with Crippen molar-refractivity contribution in [1.82, 2.24) is 14.1 Å². The Bertz CT molecular complexity index is 1170. The van der Waals surface area contributed by atoms with Crippen LogP contribution in [0.1, 0.15) is 6.92 Å². The van der Waals surface area contributed by atoms with E-state index >= 15 is 0 Å². The summed E-state index contributed by atoms with van der Waals surface area (Å²) in [4.78, 5) is 42.1. The Kier molecular flexibility index (Phi) is 4.37. The Morgan fingerprint density at radius 2 is 1.85 bits per heavy atom. The minimum absolute atomic E-state index is 0.144. The lowest BCUT2D eigenvalue weighted by Gasteiger charge is -2.11. The molecule has 2 heterocycles. The van der Waals surface area contributed by atoms with Gasteiger partial charge in [0.05, 0.1) is 20.8 Å². The van der Waals surface area contributed by atoms with Crippen LogP contribution in [0.2, 0.25) is 0 Å². The van der Waals surface area contributed by atoms with Gasteiger partial charge in [0.25, 0.3) is 5.56 Å².